The van der Waals surface area contributed by atoms with Crippen molar-refractivity contribution in [2.24, 2.45) is 0 Å². The van der Waals surface area contributed by atoms with Gasteiger partial charge in [0, 0.05) is 24.7 Å². The molecule has 0 saturated carbocycles. The second-order valence-electron chi connectivity index (χ2n) is 5.16. The predicted octanol–water partition coefficient (Wildman–Crippen LogP) is 1.63. The van der Waals surface area contributed by atoms with Crippen LogP contribution in [-0.4, -0.2) is 44.0 Å². The summed E-state index contributed by atoms with van der Waals surface area (Å²) < 4.78 is 5.26. The molecule has 1 aromatic carbocycles. The first-order chi connectivity index (χ1) is 10.8. The number of hydrogen-bond acceptors (Lipinski definition) is 5. The molecule has 7 heteroatoms. The van der Waals surface area contributed by atoms with Gasteiger partial charge < -0.3 is 9.42 Å². The van der Waals surface area contributed by atoms with E-state index in [0.717, 1.165) is 5.56 Å². The number of amides is 1. The quantitative estimate of drug-likeness (QED) is 0.734. The van der Waals surface area contributed by atoms with Crippen LogP contribution in [0.5, 0.6) is 0 Å². The molecule has 0 spiro atoms. The van der Waals surface area contributed by atoms with Crippen molar-refractivity contribution < 1.29 is 9.32 Å². The molecule has 110 valence electrons. The molecule has 1 amide bonds. The Bertz CT molecular complexity index is 775. The second-order valence-corrected chi connectivity index (χ2v) is 5.16. The third-order valence-electron chi connectivity index (χ3n) is 3.70. The molecule has 1 aliphatic heterocycles. The van der Waals surface area contributed by atoms with Crippen molar-refractivity contribution in [1.29, 1.82) is 0 Å². The molecular weight excluding hydrogens is 282 g/mol. The molecule has 3 aromatic rings. The average molecular weight is 295 g/mol. The van der Waals surface area contributed by atoms with Gasteiger partial charge in [0.15, 0.2) is 11.5 Å². The molecule has 0 unspecified atom stereocenters. The van der Waals surface area contributed by atoms with E-state index in [4.69, 9.17) is 4.52 Å². The van der Waals surface area contributed by atoms with Crippen LogP contribution in [0.4, 0.5) is 0 Å². The van der Waals surface area contributed by atoms with Gasteiger partial charge in [-0.1, -0.05) is 35.5 Å². The number of carbonyl (C=O) groups excluding carboxylic acids is 1. The first-order valence-corrected chi connectivity index (χ1v) is 6.98. The Morgan fingerprint density at radius 1 is 1.14 bits per heavy atom. The zero-order valence-electron chi connectivity index (χ0n) is 11.7. The normalized spacial score (nSPS) is 14.8. The van der Waals surface area contributed by atoms with Crippen molar-refractivity contribution >= 4 is 5.91 Å². The van der Waals surface area contributed by atoms with E-state index in [1.54, 1.807) is 28.2 Å². The minimum atomic E-state index is -0.130. The van der Waals surface area contributed by atoms with E-state index in [0.29, 0.717) is 24.5 Å². The lowest BCUT2D eigenvalue weighted by Crippen LogP contribution is -2.51. The Hall–Kier alpha value is -2.96. The summed E-state index contributed by atoms with van der Waals surface area (Å²) in [6, 6.07) is 11.4. The summed E-state index contributed by atoms with van der Waals surface area (Å²) in [5.41, 5.74) is 1.22. The number of carbonyl (C=O) groups is 1. The highest BCUT2D eigenvalue weighted by Gasteiger charge is 2.34. The number of benzene rings is 1. The first kappa shape index (κ1) is 12.8. The van der Waals surface area contributed by atoms with Crippen LogP contribution < -0.4 is 0 Å². The predicted molar refractivity (Wildman–Crippen MR) is 76.9 cm³/mol. The van der Waals surface area contributed by atoms with Gasteiger partial charge in [0.1, 0.15) is 6.04 Å². The Balaban J connectivity index is 1.45. The summed E-state index contributed by atoms with van der Waals surface area (Å²) in [6.45, 7) is 1.17. The van der Waals surface area contributed by atoms with E-state index >= 15 is 0 Å². The van der Waals surface area contributed by atoms with Gasteiger partial charge in [-0.15, -0.1) is 0 Å². The largest absolute Gasteiger partial charge is 0.355 e. The molecule has 1 saturated heterocycles. The molecule has 0 radical (unpaired) electrons. The fourth-order valence-electron chi connectivity index (χ4n) is 2.46. The van der Waals surface area contributed by atoms with E-state index in [2.05, 4.69) is 15.4 Å². The molecule has 1 fully saturated rings. The highest BCUT2D eigenvalue weighted by atomic mass is 16.5. The molecule has 0 aliphatic carbocycles. The molecular formula is C15H13N5O2. The van der Waals surface area contributed by atoms with Gasteiger partial charge in [0.25, 0.3) is 5.91 Å². The van der Waals surface area contributed by atoms with Crippen molar-refractivity contribution in [3.8, 4) is 11.3 Å². The minimum absolute atomic E-state index is 0.130. The van der Waals surface area contributed by atoms with Crippen molar-refractivity contribution in [3.05, 3.63) is 54.5 Å². The van der Waals surface area contributed by atoms with Crippen LogP contribution in [0, 0.1) is 0 Å². The molecule has 0 N–H and O–H groups in total. The lowest BCUT2D eigenvalue weighted by Gasteiger charge is -2.37. The van der Waals surface area contributed by atoms with Crippen LogP contribution in [-0.2, 0) is 0 Å². The smallest absolute Gasteiger partial charge is 0.276 e. The van der Waals surface area contributed by atoms with Gasteiger partial charge in [0.2, 0.25) is 0 Å². The zero-order chi connectivity index (χ0) is 14.9. The fraction of sp³-hybridized carbons (Fsp3) is 0.200. The lowest BCUT2D eigenvalue weighted by molar-refractivity contribution is 0.0466. The molecule has 0 bridgehead atoms. The van der Waals surface area contributed by atoms with Crippen LogP contribution in [0.1, 0.15) is 16.5 Å². The summed E-state index contributed by atoms with van der Waals surface area (Å²) in [5, 5.41) is 12.0. The van der Waals surface area contributed by atoms with Crippen molar-refractivity contribution in [2.75, 3.05) is 13.1 Å². The van der Waals surface area contributed by atoms with Crippen LogP contribution in [0.25, 0.3) is 11.3 Å². The van der Waals surface area contributed by atoms with E-state index in [9.17, 15) is 4.79 Å². The summed E-state index contributed by atoms with van der Waals surface area (Å²) in [5.74, 6) is 0.462. The molecule has 2 aromatic heterocycles. The average Bonchev–Trinajstić information content (AvgIpc) is 3.18. The summed E-state index contributed by atoms with van der Waals surface area (Å²) >= 11 is 0. The molecule has 7 nitrogen and oxygen atoms in total. The molecule has 22 heavy (non-hydrogen) atoms. The van der Waals surface area contributed by atoms with Crippen molar-refractivity contribution in [2.45, 2.75) is 6.04 Å². The van der Waals surface area contributed by atoms with Crippen molar-refractivity contribution in [1.82, 2.24) is 25.1 Å². The van der Waals surface area contributed by atoms with Gasteiger partial charge in [-0.3, -0.25) is 4.79 Å². The Morgan fingerprint density at radius 2 is 1.86 bits per heavy atom. The SMILES string of the molecule is O=C(c1cc(-c2ccccc2)on1)N1CC(n2nccn2)C1. The van der Waals surface area contributed by atoms with Gasteiger partial charge in [-0.2, -0.15) is 15.0 Å². The molecule has 1 aliphatic rings. The van der Waals surface area contributed by atoms with Gasteiger partial charge >= 0.3 is 0 Å². The third kappa shape index (κ3) is 2.16. The maximum absolute atomic E-state index is 12.3. The summed E-state index contributed by atoms with van der Waals surface area (Å²) in [4.78, 5) is 15.7. The van der Waals surface area contributed by atoms with Crippen LogP contribution in [0.15, 0.2) is 53.3 Å². The molecule has 3 heterocycles. The lowest BCUT2D eigenvalue weighted by atomic mass is 10.1. The van der Waals surface area contributed by atoms with Gasteiger partial charge in [-0.25, -0.2) is 0 Å². The van der Waals surface area contributed by atoms with E-state index in [1.807, 2.05) is 30.3 Å². The van der Waals surface area contributed by atoms with Crippen LogP contribution in [0.3, 0.4) is 0 Å². The summed E-state index contributed by atoms with van der Waals surface area (Å²) in [6.07, 6.45) is 3.27. The maximum atomic E-state index is 12.3. The number of nitrogens with zero attached hydrogens (tertiary/aromatic N) is 5. The number of rotatable bonds is 3. The number of aromatic nitrogens is 4. The molecule has 4 rings (SSSR count). The number of likely N-dealkylation sites (tertiary alicyclic amines) is 1. The maximum Gasteiger partial charge on any atom is 0.276 e. The summed E-state index contributed by atoms with van der Waals surface area (Å²) in [7, 11) is 0. The van der Waals surface area contributed by atoms with Gasteiger partial charge in [-0.05, 0) is 0 Å². The third-order valence-corrected chi connectivity index (χ3v) is 3.70. The standard InChI is InChI=1S/C15H13N5O2/c21-15(19-9-12(10-19)20-16-6-7-17-20)13-8-14(22-18-13)11-4-2-1-3-5-11/h1-8,12H,9-10H2. The van der Waals surface area contributed by atoms with E-state index in [-0.39, 0.29) is 11.9 Å². The van der Waals surface area contributed by atoms with E-state index < -0.39 is 0 Å². The minimum Gasteiger partial charge on any atom is -0.355 e. The van der Waals surface area contributed by atoms with E-state index in [1.165, 1.54) is 0 Å². The Labute approximate surface area is 126 Å². The number of hydrogen-bond donors (Lipinski definition) is 0. The van der Waals surface area contributed by atoms with Gasteiger partial charge in [0.05, 0.1) is 12.4 Å². The Morgan fingerprint density at radius 3 is 2.59 bits per heavy atom. The highest BCUT2D eigenvalue weighted by Crippen LogP contribution is 2.24. The Kier molecular flexibility index (Phi) is 2.96. The second kappa shape index (κ2) is 5.10. The van der Waals surface area contributed by atoms with Crippen LogP contribution >= 0.6 is 0 Å². The topological polar surface area (TPSA) is 77.0 Å². The first-order valence-electron chi connectivity index (χ1n) is 6.98. The monoisotopic (exact) mass is 295 g/mol. The molecule has 0 atom stereocenters. The van der Waals surface area contributed by atoms with Crippen LogP contribution in [0.2, 0.25) is 0 Å². The van der Waals surface area contributed by atoms with Crippen molar-refractivity contribution in [3.63, 3.8) is 0 Å². The zero-order valence-corrected chi connectivity index (χ0v) is 11.7. The highest BCUT2D eigenvalue weighted by molar-refractivity contribution is 5.93. The fourth-order valence-corrected chi connectivity index (χ4v) is 2.46.